The summed E-state index contributed by atoms with van der Waals surface area (Å²) < 4.78 is 12.9. The summed E-state index contributed by atoms with van der Waals surface area (Å²) in [5.41, 5.74) is 6.89. The first-order chi connectivity index (χ1) is 11.9. The van der Waals surface area contributed by atoms with Crippen LogP contribution in [-0.4, -0.2) is 42.4 Å². The quantitative estimate of drug-likeness (QED) is 0.787. The number of nitrogens with two attached hydrogens (primary N) is 1. The molecule has 1 aliphatic rings. The van der Waals surface area contributed by atoms with Gasteiger partial charge in [0.2, 0.25) is 11.8 Å². The minimum Gasteiger partial charge on any atom is -0.346 e. The molecule has 3 N–H and O–H groups in total. The number of carbonyl (C=O) groups excluding carboxylic acids is 2. The van der Waals surface area contributed by atoms with Gasteiger partial charge < -0.3 is 16.0 Å². The van der Waals surface area contributed by atoms with Crippen LogP contribution in [0.4, 0.5) is 4.39 Å². The highest BCUT2D eigenvalue weighted by Crippen LogP contribution is 2.21. The molecule has 2 amide bonds. The van der Waals surface area contributed by atoms with Gasteiger partial charge >= 0.3 is 0 Å². The average Bonchev–Trinajstić information content (AvgIpc) is 2.61. The van der Waals surface area contributed by atoms with Gasteiger partial charge in [0.05, 0.1) is 12.6 Å². The average molecular weight is 386 g/mol. The van der Waals surface area contributed by atoms with E-state index in [-0.39, 0.29) is 42.5 Å². The van der Waals surface area contributed by atoms with Gasteiger partial charge in [0, 0.05) is 13.1 Å². The van der Waals surface area contributed by atoms with Crippen LogP contribution in [0.25, 0.3) is 0 Å². The molecule has 7 heteroatoms. The van der Waals surface area contributed by atoms with Gasteiger partial charge in [-0.25, -0.2) is 4.39 Å². The van der Waals surface area contributed by atoms with Gasteiger partial charge in [0.25, 0.3) is 0 Å². The molecule has 0 spiro atoms. The Hall–Kier alpha value is -1.66. The molecule has 0 unspecified atom stereocenters. The summed E-state index contributed by atoms with van der Waals surface area (Å²) in [7, 11) is 0. The van der Waals surface area contributed by atoms with Crippen LogP contribution in [-0.2, 0) is 16.0 Å². The Morgan fingerprint density at radius 1 is 1.23 bits per heavy atom. The first kappa shape index (κ1) is 22.4. The molecule has 1 aromatic rings. The van der Waals surface area contributed by atoms with Crippen molar-refractivity contribution < 1.29 is 14.0 Å². The SMILES string of the molecule is CC(C)[C@H](N)C(=O)NCC(=O)N1CCC(Cc2ccc(F)cc2)CC1.Cl. The topological polar surface area (TPSA) is 75.4 Å². The molecule has 2 rings (SSSR count). The predicted molar refractivity (Wildman–Crippen MR) is 102 cm³/mol. The van der Waals surface area contributed by atoms with Crippen molar-refractivity contribution in [1.29, 1.82) is 0 Å². The lowest BCUT2D eigenvalue weighted by molar-refractivity contribution is -0.134. The number of carbonyl (C=O) groups is 2. The van der Waals surface area contributed by atoms with Crippen LogP contribution in [0.3, 0.4) is 0 Å². The summed E-state index contributed by atoms with van der Waals surface area (Å²) in [6.07, 6.45) is 2.74. The number of piperidine rings is 1. The van der Waals surface area contributed by atoms with Crippen LogP contribution in [0.1, 0.15) is 32.3 Å². The van der Waals surface area contributed by atoms with E-state index in [4.69, 9.17) is 5.73 Å². The highest BCUT2D eigenvalue weighted by atomic mass is 35.5. The zero-order valence-corrected chi connectivity index (χ0v) is 16.2. The van der Waals surface area contributed by atoms with Crippen LogP contribution in [0, 0.1) is 17.7 Å². The van der Waals surface area contributed by atoms with Gasteiger partial charge in [-0.1, -0.05) is 26.0 Å². The zero-order chi connectivity index (χ0) is 18.4. The Balaban J connectivity index is 0.00000338. The van der Waals surface area contributed by atoms with Crippen molar-refractivity contribution in [1.82, 2.24) is 10.2 Å². The molecule has 1 saturated heterocycles. The number of halogens is 2. The monoisotopic (exact) mass is 385 g/mol. The van der Waals surface area contributed by atoms with Crippen LogP contribution in [0.2, 0.25) is 0 Å². The van der Waals surface area contributed by atoms with Gasteiger partial charge in [-0.15, -0.1) is 12.4 Å². The first-order valence-electron chi connectivity index (χ1n) is 8.92. The van der Waals surface area contributed by atoms with Crippen molar-refractivity contribution in [3.05, 3.63) is 35.6 Å². The van der Waals surface area contributed by atoms with E-state index in [0.717, 1.165) is 24.8 Å². The molecule has 5 nitrogen and oxygen atoms in total. The summed E-state index contributed by atoms with van der Waals surface area (Å²) in [6.45, 7) is 5.13. The van der Waals surface area contributed by atoms with Crippen LogP contribution in [0.5, 0.6) is 0 Å². The maximum atomic E-state index is 12.9. The minimum absolute atomic E-state index is 0. The lowest BCUT2D eigenvalue weighted by Crippen LogP contribution is -2.49. The maximum Gasteiger partial charge on any atom is 0.241 e. The predicted octanol–water partition coefficient (Wildman–Crippen LogP) is 2.13. The van der Waals surface area contributed by atoms with E-state index in [1.807, 2.05) is 26.0 Å². The molecule has 0 saturated carbocycles. The summed E-state index contributed by atoms with van der Waals surface area (Å²) in [6, 6.07) is 6.02. The summed E-state index contributed by atoms with van der Waals surface area (Å²) in [5, 5.41) is 2.63. The molecule has 146 valence electrons. The number of nitrogens with zero attached hydrogens (tertiary/aromatic N) is 1. The number of likely N-dealkylation sites (tertiary alicyclic amines) is 1. The maximum absolute atomic E-state index is 12.9. The fourth-order valence-corrected chi connectivity index (χ4v) is 3.04. The molecule has 1 atom stereocenters. The molecule has 26 heavy (non-hydrogen) atoms. The molecule has 1 aliphatic heterocycles. The van der Waals surface area contributed by atoms with E-state index in [2.05, 4.69) is 5.32 Å². The minimum atomic E-state index is -0.589. The smallest absolute Gasteiger partial charge is 0.241 e. The van der Waals surface area contributed by atoms with Gasteiger partial charge in [-0.05, 0) is 48.8 Å². The molecule has 0 radical (unpaired) electrons. The van der Waals surface area contributed by atoms with Crippen molar-refractivity contribution in [3.63, 3.8) is 0 Å². The van der Waals surface area contributed by atoms with Gasteiger partial charge in [-0.3, -0.25) is 9.59 Å². The van der Waals surface area contributed by atoms with E-state index in [1.165, 1.54) is 12.1 Å². The molecule has 1 heterocycles. The summed E-state index contributed by atoms with van der Waals surface area (Å²) in [4.78, 5) is 25.8. The van der Waals surface area contributed by atoms with E-state index >= 15 is 0 Å². The number of amides is 2. The highest BCUT2D eigenvalue weighted by Gasteiger charge is 2.24. The summed E-state index contributed by atoms with van der Waals surface area (Å²) >= 11 is 0. The molecular weight excluding hydrogens is 357 g/mol. The van der Waals surface area contributed by atoms with Crippen molar-refractivity contribution in [3.8, 4) is 0 Å². The Kier molecular flexibility index (Phi) is 9.02. The Labute approximate surface area is 160 Å². The summed E-state index contributed by atoms with van der Waals surface area (Å²) in [5.74, 6) is -0.0294. The number of hydrogen-bond donors (Lipinski definition) is 2. The third-order valence-corrected chi connectivity index (χ3v) is 4.84. The van der Waals surface area contributed by atoms with Gasteiger partial charge in [0.1, 0.15) is 5.82 Å². The number of rotatable bonds is 6. The number of benzene rings is 1. The van der Waals surface area contributed by atoms with Crippen molar-refractivity contribution in [2.75, 3.05) is 19.6 Å². The Bertz CT molecular complexity index is 587. The lowest BCUT2D eigenvalue weighted by atomic mass is 9.90. The molecule has 0 aromatic heterocycles. The molecule has 0 bridgehead atoms. The Morgan fingerprint density at radius 3 is 2.35 bits per heavy atom. The van der Waals surface area contributed by atoms with Gasteiger partial charge in [0.15, 0.2) is 0 Å². The van der Waals surface area contributed by atoms with Crippen LogP contribution in [0.15, 0.2) is 24.3 Å². The van der Waals surface area contributed by atoms with E-state index in [1.54, 1.807) is 4.90 Å². The van der Waals surface area contributed by atoms with Crippen molar-refractivity contribution >= 4 is 24.2 Å². The van der Waals surface area contributed by atoms with Crippen LogP contribution < -0.4 is 11.1 Å². The molecule has 1 aromatic carbocycles. The normalized spacial score (nSPS) is 16.1. The lowest BCUT2D eigenvalue weighted by Gasteiger charge is -2.32. The molecular formula is C19H29ClFN3O2. The first-order valence-corrected chi connectivity index (χ1v) is 8.92. The zero-order valence-electron chi connectivity index (χ0n) is 15.4. The second kappa shape index (κ2) is 10.5. The number of hydrogen-bond acceptors (Lipinski definition) is 3. The van der Waals surface area contributed by atoms with E-state index in [9.17, 15) is 14.0 Å². The third-order valence-electron chi connectivity index (χ3n) is 4.84. The standard InChI is InChI=1S/C19H28FN3O2.ClH/c1-13(2)18(21)19(25)22-12-17(24)23-9-7-15(8-10-23)11-14-3-5-16(20)6-4-14;/h3-6,13,15,18H,7-12,21H2,1-2H3,(H,22,25);1H/t18-;/m0./s1. The second-order valence-corrected chi connectivity index (χ2v) is 7.14. The third kappa shape index (κ3) is 6.57. The number of nitrogens with one attached hydrogen (secondary N) is 1. The Morgan fingerprint density at radius 2 is 1.81 bits per heavy atom. The fraction of sp³-hybridized carbons (Fsp3) is 0.579. The second-order valence-electron chi connectivity index (χ2n) is 7.14. The van der Waals surface area contributed by atoms with Gasteiger partial charge in [-0.2, -0.15) is 0 Å². The van der Waals surface area contributed by atoms with Crippen molar-refractivity contribution in [2.24, 2.45) is 17.6 Å². The largest absolute Gasteiger partial charge is 0.346 e. The molecule has 1 fully saturated rings. The fourth-order valence-electron chi connectivity index (χ4n) is 3.04. The van der Waals surface area contributed by atoms with E-state index in [0.29, 0.717) is 19.0 Å². The molecule has 0 aliphatic carbocycles. The van der Waals surface area contributed by atoms with Crippen LogP contribution >= 0.6 is 12.4 Å². The van der Waals surface area contributed by atoms with Crippen molar-refractivity contribution in [2.45, 2.75) is 39.2 Å². The highest BCUT2D eigenvalue weighted by molar-refractivity contribution is 5.87. The van der Waals surface area contributed by atoms with E-state index < -0.39 is 6.04 Å².